The molecule has 3 aromatic rings. The molecule has 1 heterocycles. The molecule has 0 N–H and O–H groups in total. The molecule has 2 atom stereocenters. The second kappa shape index (κ2) is 10.3. The number of benzene rings is 3. The molecule has 0 aliphatic carbocycles. The smallest absolute Gasteiger partial charge is 0.201 e. The van der Waals surface area contributed by atoms with Crippen molar-refractivity contribution in [1.82, 2.24) is 0 Å². The van der Waals surface area contributed by atoms with Gasteiger partial charge in [0.15, 0.2) is 11.6 Å². The Morgan fingerprint density at radius 1 is 0.939 bits per heavy atom. The first-order chi connectivity index (χ1) is 16.0. The number of hydrogen-bond acceptors (Lipinski definition) is 2. The van der Waals surface area contributed by atoms with E-state index in [-0.39, 0.29) is 23.2 Å². The SMILES string of the molecule is C=CC1CCC(c2ccc(-c3ccc(-c4ccc(OCCC)c(F)c4F)cc3)c(F)c2)OC1. The lowest BCUT2D eigenvalue weighted by Crippen LogP contribution is -2.19. The Morgan fingerprint density at radius 2 is 1.64 bits per heavy atom. The van der Waals surface area contributed by atoms with Crippen LogP contribution in [0.4, 0.5) is 13.2 Å². The van der Waals surface area contributed by atoms with Crippen LogP contribution < -0.4 is 4.74 Å². The summed E-state index contributed by atoms with van der Waals surface area (Å²) >= 11 is 0. The van der Waals surface area contributed by atoms with E-state index in [2.05, 4.69) is 6.58 Å². The normalized spacial score (nSPS) is 18.2. The second-order valence-electron chi connectivity index (χ2n) is 8.30. The first-order valence-corrected chi connectivity index (χ1v) is 11.3. The quantitative estimate of drug-likeness (QED) is 0.340. The summed E-state index contributed by atoms with van der Waals surface area (Å²) < 4.78 is 55.0. The summed E-state index contributed by atoms with van der Waals surface area (Å²) in [7, 11) is 0. The maximum atomic E-state index is 14.9. The zero-order valence-electron chi connectivity index (χ0n) is 18.6. The summed E-state index contributed by atoms with van der Waals surface area (Å²) in [6.45, 7) is 6.61. The molecule has 0 bridgehead atoms. The Bertz CT molecular complexity index is 1120. The molecule has 5 heteroatoms. The van der Waals surface area contributed by atoms with E-state index in [0.29, 0.717) is 42.2 Å². The van der Waals surface area contributed by atoms with Gasteiger partial charge in [0.2, 0.25) is 5.82 Å². The molecule has 172 valence electrons. The van der Waals surface area contributed by atoms with Crippen molar-refractivity contribution in [2.45, 2.75) is 32.3 Å². The average molecular weight is 453 g/mol. The molecule has 2 unspecified atom stereocenters. The van der Waals surface area contributed by atoms with E-state index in [1.54, 1.807) is 30.3 Å². The summed E-state index contributed by atoms with van der Waals surface area (Å²) in [6.07, 6.45) is 4.29. The lowest BCUT2D eigenvalue weighted by Gasteiger charge is -2.27. The van der Waals surface area contributed by atoms with Crippen LogP contribution >= 0.6 is 0 Å². The van der Waals surface area contributed by atoms with Crippen molar-refractivity contribution in [2.75, 3.05) is 13.2 Å². The van der Waals surface area contributed by atoms with Gasteiger partial charge in [-0.05, 0) is 54.2 Å². The largest absolute Gasteiger partial charge is 0.490 e. The maximum absolute atomic E-state index is 14.9. The highest BCUT2D eigenvalue weighted by molar-refractivity contribution is 5.71. The van der Waals surface area contributed by atoms with E-state index in [0.717, 1.165) is 18.4 Å². The Balaban J connectivity index is 1.53. The molecule has 1 saturated heterocycles. The van der Waals surface area contributed by atoms with Gasteiger partial charge in [-0.15, -0.1) is 6.58 Å². The van der Waals surface area contributed by atoms with Gasteiger partial charge in [-0.25, -0.2) is 8.78 Å². The average Bonchev–Trinajstić information content (AvgIpc) is 2.85. The molecule has 4 rings (SSSR count). The molecule has 33 heavy (non-hydrogen) atoms. The van der Waals surface area contributed by atoms with E-state index in [1.807, 2.05) is 19.1 Å². The van der Waals surface area contributed by atoms with Crippen LogP contribution in [-0.2, 0) is 4.74 Å². The molecule has 0 radical (unpaired) electrons. The van der Waals surface area contributed by atoms with E-state index < -0.39 is 11.6 Å². The van der Waals surface area contributed by atoms with Crippen molar-refractivity contribution in [3.8, 4) is 28.0 Å². The lowest BCUT2D eigenvalue weighted by atomic mass is 9.93. The summed E-state index contributed by atoms with van der Waals surface area (Å²) in [4.78, 5) is 0. The zero-order valence-corrected chi connectivity index (χ0v) is 18.6. The third kappa shape index (κ3) is 4.98. The molecule has 2 nitrogen and oxygen atoms in total. The molecule has 0 spiro atoms. The Kier molecular flexibility index (Phi) is 7.19. The van der Waals surface area contributed by atoms with Gasteiger partial charge >= 0.3 is 0 Å². The maximum Gasteiger partial charge on any atom is 0.201 e. The van der Waals surface area contributed by atoms with Crippen LogP contribution in [0.25, 0.3) is 22.3 Å². The van der Waals surface area contributed by atoms with Gasteiger partial charge in [0, 0.05) is 17.0 Å². The third-order valence-electron chi connectivity index (χ3n) is 6.02. The van der Waals surface area contributed by atoms with Gasteiger partial charge in [0.25, 0.3) is 0 Å². The minimum absolute atomic E-state index is 0.0983. The molecule has 1 fully saturated rings. The molecule has 0 aromatic heterocycles. The molecule has 3 aromatic carbocycles. The molecular weight excluding hydrogens is 425 g/mol. The standard InChI is InChI=1S/C28H27F3O2/c1-3-15-32-26-14-12-23(27(30)28(26)31)20-8-6-19(7-9-20)22-11-10-21(16-24(22)29)25-13-5-18(4-2)17-33-25/h4,6-12,14,16,18,25H,2-3,5,13,15,17H2,1H3. The van der Waals surface area contributed by atoms with Gasteiger partial charge < -0.3 is 9.47 Å². The molecule has 0 amide bonds. The third-order valence-corrected chi connectivity index (χ3v) is 6.02. The predicted octanol–water partition coefficient (Wildman–Crippen LogP) is 7.88. The van der Waals surface area contributed by atoms with Crippen LogP contribution in [0.15, 0.2) is 67.3 Å². The van der Waals surface area contributed by atoms with E-state index >= 15 is 0 Å². The summed E-state index contributed by atoms with van der Waals surface area (Å²) in [6, 6.07) is 14.8. The lowest BCUT2D eigenvalue weighted by molar-refractivity contribution is -0.00528. The van der Waals surface area contributed by atoms with Crippen molar-refractivity contribution in [2.24, 2.45) is 5.92 Å². The predicted molar refractivity (Wildman–Crippen MR) is 125 cm³/mol. The Hall–Kier alpha value is -3.05. The van der Waals surface area contributed by atoms with Crippen molar-refractivity contribution in [3.05, 3.63) is 90.3 Å². The topological polar surface area (TPSA) is 18.5 Å². The first-order valence-electron chi connectivity index (χ1n) is 11.3. The zero-order chi connectivity index (χ0) is 23.4. The van der Waals surface area contributed by atoms with Crippen molar-refractivity contribution in [3.63, 3.8) is 0 Å². The van der Waals surface area contributed by atoms with Gasteiger partial charge in [-0.2, -0.15) is 4.39 Å². The molecule has 1 aliphatic heterocycles. The highest BCUT2D eigenvalue weighted by atomic mass is 19.2. The fourth-order valence-corrected chi connectivity index (χ4v) is 4.09. The summed E-state index contributed by atoms with van der Waals surface area (Å²) in [5.74, 6) is -2.06. The Labute approximate surface area is 192 Å². The summed E-state index contributed by atoms with van der Waals surface area (Å²) in [5.41, 5.74) is 2.55. The number of hydrogen-bond donors (Lipinski definition) is 0. The van der Waals surface area contributed by atoms with Crippen LogP contribution in [-0.4, -0.2) is 13.2 Å². The van der Waals surface area contributed by atoms with Crippen LogP contribution in [0.1, 0.15) is 37.9 Å². The monoisotopic (exact) mass is 452 g/mol. The number of rotatable bonds is 7. The van der Waals surface area contributed by atoms with Crippen molar-refractivity contribution in [1.29, 1.82) is 0 Å². The van der Waals surface area contributed by atoms with Gasteiger partial charge in [0.1, 0.15) is 5.82 Å². The van der Waals surface area contributed by atoms with Gasteiger partial charge in [-0.3, -0.25) is 0 Å². The van der Waals surface area contributed by atoms with E-state index in [4.69, 9.17) is 9.47 Å². The van der Waals surface area contributed by atoms with Crippen molar-refractivity contribution < 1.29 is 22.6 Å². The minimum atomic E-state index is -1.00. The Morgan fingerprint density at radius 3 is 2.24 bits per heavy atom. The fraction of sp³-hybridized carbons (Fsp3) is 0.286. The van der Waals surface area contributed by atoms with Gasteiger partial charge in [0.05, 0.1) is 19.3 Å². The first kappa shape index (κ1) is 23.1. The molecular formula is C28H27F3O2. The van der Waals surface area contributed by atoms with Gasteiger partial charge in [-0.1, -0.05) is 49.4 Å². The van der Waals surface area contributed by atoms with Crippen LogP contribution in [0.5, 0.6) is 5.75 Å². The second-order valence-corrected chi connectivity index (χ2v) is 8.30. The molecule has 1 aliphatic rings. The van der Waals surface area contributed by atoms with Crippen LogP contribution in [0, 0.1) is 23.4 Å². The fourth-order valence-electron chi connectivity index (χ4n) is 4.09. The number of ether oxygens (including phenoxy) is 2. The summed E-state index contributed by atoms with van der Waals surface area (Å²) in [5, 5.41) is 0. The number of halogens is 3. The van der Waals surface area contributed by atoms with Crippen molar-refractivity contribution >= 4 is 0 Å². The molecule has 0 saturated carbocycles. The van der Waals surface area contributed by atoms with E-state index in [9.17, 15) is 13.2 Å². The van der Waals surface area contributed by atoms with Crippen LogP contribution in [0.3, 0.4) is 0 Å². The highest BCUT2D eigenvalue weighted by Gasteiger charge is 2.22. The minimum Gasteiger partial charge on any atom is -0.490 e. The van der Waals surface area contributed by atoms with Crippen LogP contribution in [0.2, 0.25) is 0 Å². The van der Waals surface area contributed by atoms with E-state index in [1.165, 1.54) is 18.2 Å². The highest BCUT2D eigenvalue weighted by Crippen LogP contribution is 2.35.